The van der Waals surface area contributed by atoms with E-state index in [0.717, 1.165) is 20.7 Å². The Kier molecular flexibility index (Phi) is 5.73. The summed E-state index contributed by atoms with van der Waals surface area (Å²) in [7, 11) is 3.23. The van der Waals surface area contributed by atoms with E-state index in [-0.39, 0.29) is 12.3 Å². The molecule has 0 amide bonds. The Labute approximate surface area is 116 Å². The third kappa shape index (κ3) is 3.85. The molecule has 0 heterocycles. The van der Waals surface area contributed by atoms with E-state index in [1.807, 2.05) is 26.0 Å². The van der Waals surface area contributed by atoms with Crippen LogP contribution in [0.3, 0.4) is 0 Å². The molecule has 0 aliphatic carbocycles. The van der Waals surface area contributed by atoms with Gasteiger partial charge in [-0.2, -0.15) is 0 Å². The SMILES string of the molecule is COC(OC)C(C)Nc1cc(Cl)c(C)cc1Br. The molecule has 0 aromatic heterocycles. The third-order valence-corrected chi connectivity index (χ3v) is 3.57. The van der Waals surface area contributed by atoms with Crippen LogP contribution in [0.2, 0.25) is 5.02 Å². The van der Waals surface area contributed by atoms with Crippen LogP contribution < -0.4 is 5.32 Å². The number of nitrogens with one attached hydrogen (secondary N) is 1. The molecule has 1 aromatic carbocycles. The van der Waals surface area contributed by atoms with E-state index < -0.39 is 0 Å². The number of ether oxygens (including phenoxy) is 2. The second-order valence-electron chi connectivity index (χ2n) is 3.85. The quantitative estimate of drug-likeness (QED) is 0.836. The van der Waals surface area contributed by atoms with Crippen molar-refractivity contribution in [3.8, 4) is 0 Å². The van der Waals surface area contributed by atoms with Gasteiger partial charge in [0.2, 0.25) is 0 Å². The average Bonchev–Trinajstić information content (AvgIpc) is 2.27. The summed E-state index contributed by atoms with van der Waals surface area (Å²) in [6, 6.07) is 3.88. The number of hydrogen-bond donors (Lipinski definition) is 1. The van der Waals surface area contributed by atoms with Crippen molar-refractivity contribution in [3.63, 3.8) is 0 Å². The summed E-state index contributed by atoms with van der Waals surface area (Å²) in [6.07, 6.45) is -0.304. The summed E-state index contributed by atoms with van der Waals surface area (Å²) in [5, 5.41) is 4.03. The molecule has 1 aromatic rings. The zero-order valence-electron chi connectivity index (χ0n) is 10.4. The van der Waals surface area contributed by atoms with Crippen LogP contribution in [0.15, 0.2) is 16.6 Å². The summed E-state index contributed by atoms with van der Waals surface area (Å²) in [4.78, 5) is 0. The van der Waals surface area contributed by atoms with Crippen LogP contribution in [-0.2, 0) is 9.47 Å². The van der Waals surface area contributed by atoms with E-state index in [1.165, 1.54) is 0 Å². The highest BCUT2D eigenvalue weighted by Crippen LogP contribution is 2.30. The Morgan fingerprint density at radius 2 is 1.88 bits per heavy atom. The Morgan fingerprint density at radius 3 is 2.41 bits per heavy atom. The Bertz CT molecular complexity index is 383. The molecule has 3 nitrogen and oxygen atoms in total. The molecule has 0 fully saturated rings. The fraction of sp³-hybridized carbons (Fsp3) is 0.500. The van der Waals surface area contributed by atoms with Crippen LogP contribution in [0.1, 0.15) is 12.5 Å². The van der Waals surface area contributed by atoms with E-state index >= 15 is 0 Å². The van der Waals surface area contributed by atoms with Gasteiger partial charge in [0.1, 0.15) is 0 Å². The smallest absolute Gasteiger partial charge is 0.176 e. The Hall–Kier alpha value is -0.290. The van der Waals surface area contributed by atoms with Gasteiger partial charge in [-0.25, -0.2) is 0 Å². The first-order valence-electron chi connectivity index (χ1n) is 5.27. The maximum Gasteiger partial charge on any atom is 0.176 e. The second-order valence-corrected chi connectivity index (χ2v) is 5.12. The van der Waals surface area contributed by atoms with Gasteiger partial charge in [-0.15, -0.1) is 0 Å². The molecular weight excluding hydrogens is 305 g/mol. The average molecular weight is 323 g/mol. The minimum Gasteiger partial charge on any atom is -0.377 e. The normalized spacial score (nSPS) is 12.9. The number of rotatable bonds is 5. The Morgan fingerprint density at radius 1 is 1.29 bits per heavy atom. The van der Waals surface area contributed by atoms with Crippen molar-refractivity contribution in [2.24, 2.45) is 0 Å². The summed E-state index contributed by atoms with van der Waals surface area (Å²) in [5.41, 5.74) is 1.96. The van der Waals surface area contributed by atoms with Crippen LogP contribution in [-0.4, -0.2) is 26.6 Å². The van der Waals surface area contributed by atoms with Crippen molar-refractivity contribution in [1.82, 2.24) is 0 Å². The molecule has 0 spiro atoms. The van der Waals surface area contributed by atoms with E-state index in [4.69, 9.17) is 21.1 Å². The molecule has 1 atom stereocenters. The fourth-order valence-corrected chi connectivity index (χ4v) is 2.31. The zero-order valence-corrected chi connectivity index (χ0v) is 12.7. The molecule has 1 N–H and O–H groups in total. The first kappa shape index (κ1) is 14.8. The predicted molar refractivity (Wildman–Crippen MR) is 74.8 cm³/mol. The number of anilines is 1. The van der Waals surface area contributed by atoms with Crippen molar-refractivity contribution in [2.45, 2.75) is 26.2 Å². The lowest BCUT2D eigenvalue weighted by molar-refractivity contribution is -0.109. The van der Waals surface area contributed by atoms with E-state index in [9.17, 15) is 0 Å². The van der Waals surface area contributed by atoms with Gasteiger partial charge in [0.15, 0.2) is 6.29 Å². The van der Waals surface area contributed by atoms with Gasteiger partial charge in [0.05, 0.1) is 11.7 Å². The standard InChI is InChI=1S/C12H17BrClNO2/c1-7-5-9(13)11(6-10(7)14)15-8(2)12(16-3)17-4/h5-6,8,12,15H,1-4H3. The number of aryl methyl sites for hydroxylation is 1. The second kappa shape index (κ2) is 6.59. The molecule has 1 unspecified atom stereocenters. The molecule has 0 aliphatic rings. The number of halogens is 2. The molecule has 17 heavy (non-hydrogen) atoms. The summed E-state index contributed by atoms with van der Waals surface area (Å²) in [6.45, 7) is 3.95. The molecule has 0 bridgehead atoms. The first-order valence-corrected chi connectivity index (χ1v) is 6.44. The maximum atomic E-state index is 6.09. The highest BCUT2D eigenvalue weighted by atomic mass is 79.9. The van der Waals surface area contributed by atoms with Crippen molar-refractivity contribution in [1.29, 1.82) is 0 Å². The van der Waals surface area contributed by atoms with Gasteiger partial charge in [0.25, 0.3) is 0 Å². The van der Waals surface area contributed by atoms with Gasteiger partial charge >= 0.3 is 0 Å². The van der Waals surface area contributed by atoms with Crippen LogP contribution in [0.4, 0.5) is 5.69 Å². The molecule has 1 rings (SSSR count). The minimum absolute atomic E-state index is 0.0140. The van der Waals surface area contributed by atoms with Gasteiger partial charge in [-0.3, -0.25) is 0 Å². The van der Waals surface area contributed by atoms with Gasteiger partial charge < -0.3 is 14.8 Å². The van der Waals surface area contributed by atoms with Crippen LogP contribution in [0.5, 0.6) is 0 Å². The lowest BCUT2D eigenvalue weighted by Gasteiger charge is -2.24. The lowest BCUT2D eigenvalue weighted by Crippen LogP contribution is -2.33. The fourth-order valence-electron chi connectivity index (χ4n) is 1.57. The maximum absolute atomic E-state index is 6.09. The summed E-state index contributed by atoms with van der Waals surface area (Å²) < 4.78 is 11.4. The predicted octanol–water partition coefficient (Wildman–Crippen LogP) is 3.83. The molecule has 96 valence electrons. The van der Waals surface area contributed by atoms with E-state index in [2.05, 4.69) is 21.2 Å². The van der Waals surface area contributed by atoms with Crippen molar-refractivity contribution in [3.05, 3.63) is 27.2 Å². The van der Waals surface area contributed by atoms with Gasteiger partial charge in [-0.05, 0) is 47.5 Å². The van der Waals surface area contributed by atoms with Crippen molar-refractivity contribution in [2.75, 3.05) is 19.5 Å². The molecule has 5 heteroatoms. The topological polar surface area (TPSA) is 30.5 Å². The van der Waals surface area contributed by atoms with E-state index in [1.54, 1.807) is 14.2 Å². The van der Waals surface area contributed by atoms with Crippen LogP contribution in [0, 0.1) is 6.92 Å². The highest BCUT2D eigenvalue weighted by Gasteiger charge is 2.16. The number of methoxy groups -OCH3 is 2. The first-order chi connectivity index (χ1) is 7.99. The van der Waals surface area contributed by atoms with Gasteiger partial charge in [-0.1, -0.05) is 11.6 Å². The molecule has 0 radical (unpaired) electrons. The molecule has 0 saturated carbocycles. The number of hydrogen-bond acceptors (Lipinski definition) is 3. The Balaban J connectivity index is 2.84. The molecular formula is C12H17BrClNO2. The van der Waals surface area contributed by atoms with Crippen molar-refractivity contribution < 1.29 is 9.47 Å². The zero-order chi connectivity index (χ0) is 13.0. The molecule has 0 aliphatic heterocycles. The van der Waals surface area contributed by atoms with Crippen molar-refractivity contribution >= 4 is 33.2 Å². The van der Waals surface area contributed by atoms with E-state index in [0.29, 0.717) is 0 Å². The largest absolute Gasteiger partial charge is 0.377 e. The monoisotopic (exact) mass is 321 g/mol. The van der Waals surface area contributed by atoms with Crippen LogP contribution >= 0.6 is 27.5 Å². The minimum atomic E-state index is -0.304. The lowest BCUT2D eigenvalue weighted by atomic mass is 10.2. The van der Waals surface area contributed by atoms with Gasteiger partial charge in [0, 0.05) is 23.7 Å². The number of benzene rings is 1. The third-order valence-electron chi connectivity index (χ3n) is 2.50. The highest BCUT2D eigenvalue weighted by molar-refractivity contribution is 9.10. The summed E-state index contributed by atoms with van der Waals surface area (Å²) in [5.74, 6) is 0. The van der Waals surface area contributed by atoms with Crippen LogP contribution in [0.25, 0.3) is 0 Å². The summed E-state index contributed by atoms with van der Waals surface area (Å²) >= 11 is 9.59. The molecule has 0 saturated heterocycles.